The van der Waals surface area contributed by atoms with Crippen LogP contribution in [0, 0.1) is 0 Å². The standard InChI is InChI=1S/C23H29N7OS/c1-15(2)22-18(6-11-32-22)27-19-12-21(26-14-17(19)23(24)31)28-20-5-4-16(13-25-20)30-9-7-29(3)8-10-30/h4-6,11-15H,7-10H2,1-3H3,(H2,24,31)(H2,25,26,27,28). The third kappa shape index (κ3) is 5.00. The fraction of sp³-hybridized carbons (Fsp3) is 0.348. The molecule has 4 N–H and O–H groups in total. The first kappa shape index (κ1) is 22.0. The molecular formula is C23H29N7OS. The molecule has 3 aromatic rings. The van der Waals surface area contributed by atoms with E-state index < -0.39 is 5.91 Å². The van der Waals surface area contributed by atoms with Gasteiger partial charge in [-0.3, -0.25) is 4.79 Å². The molecule has 0 bridgehead atoms. The highest BCUT2D eigenvalue weighted by molar-refractivity contribution is 7.10. The summed E-state index contributed by atoms with van der Waals surface area (Å²) in [6.07, 6.45) is 3.37. The molecule has 0 unspecified atom stereocenters. The smallest absolute Gasteiger partial charge is 0.252 e. The lowest BCUT2D eigenvalue weighted by atomic mass is 10.1. The minimum absolute atomic E-state index is 0.342. The van der Waals surface area contributed by atoms with E-state index in [4.69, 9.17) is 5.73 Å². The van der Waals surface area contributed by atoms with Gasteiger partial charge in [-0.2, -0.15) is 0 Å². The van der Waals surface area contributed by atoms with E-state index in [0.29, 0.717) is 28.8 Å². The molecule has 9 heteroatoms. The molecule has 1 aliphatic heterocycles. The number of hydrogen-bond donors (Lipinski definition) is 3. The number of pyridine rings is 2. The fourth-order valence-electron chi connectivity index (χ4n) is 3.68. The Morgan fingerprint density at radius 2 is 1.78 bits per heavy atom. The Labute approximate surface area is 192 Å². The van der Waals surface area contributed by atoms with Crippen LogP contribution in [0.1, 0.15) is 35.0 Å². The number of hydrogen-bond acceptors (Lipinski definition) is 8. The first-order valence-corrected chi connectivity index (χ1v) is 11.6. The Kier molecular flexibility index (Phi) is 6.57. The SMILES string of the molecule is CC(C)c1sccc1Nc1cc(Nc2ccc(N3CCN(C)CC3)cn2)ncc1C(N)=O. The van der Waals surface area contributed by atoms with Crippen LogP contribution >= 0.6 is 11.3 Å². The van der Waals surface area contributed by atoms with Gasteiger partial charge in [0, 0.05) is 43.3 Å². The van der Waals surface area contributed by atoms with Crippen LogP contribution in [-0.4, -0.2) is 54.0 Å². The van der Waals surface area contributed by atoms with Crippen molar-refractivity contribution in [1.82, 2.24) is 14.9 Å². The van der Waals surface area contributed by atoms with Gasteiger partial charge in [0.15, 0.2) is 0 Å². The molecule has 4 heterocycles. The van der Waals surface area contributed by atoms with Crippen molar-refractivity contribution in [1.29, 1.82) is 0 Å². The molecule has 4 rings (SSSR count). The molecule has 0 atom stereocenters. The molecule has 1 aliphatic rings. The highest BCUT2D eigenvalue weighted by Gasteiger charge is 2.16. The summed E-state index contributed by atoms with van der Waals surface area (Å²) in [5, 5.41) is 8.63. The topological polar surface area (TPSA) is 99.4 Å². The van der Waals surface area contributed by atoms with Crippen LogP contribution in [0.3, 0.4) is 0 Å². The van der Waals surface area contributed by atoms with E-state index in [1.165, 1.54) is 11.1 Å². The van der Waals surface area contributed by atoms with E-state index in [1.54, 1.807) is 17.4 Å². The molecule has 0 aromatic carbocycles. The van der Waals surface area contributed by atoms with Crippen molar-refractivity contribution in [2.45, 2.75) is 19.8 Å². The quantitative estimate of drug-likeness (QED) is 0.499. The summed E-state index contributed by atoms with van der Waals surface area (Å²) in [6.45, 7) is 8.38. The zero-order valence-corrected chi connectivity index (χ0v) is 19.4. The highest BCUT2D eigenvalue weighted by atomic mass is 32.1. The van der Waals surface area contributed by atoms with Gasteiger partial charge in [-0.1, -0.05) is 13.8 Å². The van der Waals surface area contributed by atoms with Crippen molar-refractivity contribution in [3.63, 3.8) is 0 Å². The average molecular weight is 452 g/mol. The van der Waals surface area contributed by atoms with Crippen molar-refractivity contribution in [2.24, 2.45) is 5.73 Å². The lowest BCUT2D eigenvalue weighted by molar-refractivity contribution is 0.100. The first-order chi connectivity index (χ1) is 15.4. The molecule has 1 fully saturated rings. The Morgan fingerprint density at radius 1 is 1.03 bits per heavy atom. The van der Waals surface area contributed by atoms with E-state index in [-0.39, 0.29) is 0 Å². The van der Waals surface area contributed by atoms with E-state index in [1.807, 2.05) is 23.7 Å². The summed E-state index contributed by atoms with van der Waals surface area (Å²) in [5.41, 5.74) is 8.63. The third-order valence-corrected chi connectivity index (χ3v) is 6.75. The number of carbonyl (C=O) groups excluding carboxylic acids is 1. The molecule has 1 amide bonds. The molecule has 32 heavy (non-hydrogen) atoms. The number of amides is 1. The number of thiophene rings is 1. The van der Waals surface area contributed by atoms with Crippen LogP contribution in [0.25, 0.3) is 0 Å². The largest absolute Gasteiger partial charge is 0.368 e. The van der Waals surface area contributed by atoms with Crippen LogP contribution in [0.15, 0.2) is 42.0 Å². The average Bonchev–Trinajstić information content (AvgIpc) is 3.23. The molecule has 0 spiro atoms. The second kappa shape index (κ2) is 9.54. The zero-order valence-electron chi connectivity index (χ0n) is 18.6. The van der Waals surface area contributed by atoms with Gasteiger partial charge in [-0.05, 0) is 36.5 Å². The van der Waals surface area contributed by atoms with Crippen LogP contribution in [0.2, 0.25) is 0 Å². The first-order valence-electron chi connectivity index (χ1n) is 10.7. The van der Waals surface area contributed by atoms with E-state index in [9.17, 15) is 4.79 Å². The minimum Gasteiger partial charge on any atom is -0.368 e. The molecule has 8 nitrogen and oxygen atoms in total. The van der Waals surface area contributed by atoms with Gasteiger partial charge in [-0.15, -0.1) is 11.3 Å². The summed E-state index contributed by atoms with van der Waals surface area (Å²) in [4.78, 5) is 26.7. The van der Waals surface area contributed by atoms with Gasteiger partial charge in [0.1, 0.15) is 11.6 Å². The van der Waals surface area contributed by atoms with Gasteiger partial charge < -0.3 is 26.2 Å². The number of nitrogens with zero attached hydrogens (tertiary/aromatic N) is 4. The Balaban J connectivity index is 1.52. The number of likely N-dealkylation sites (N-methyl/N-ethyl adjacent to an activating group) is 1. The van der Waals surface area contributed by atoms with Crippen LogP contribution in [0.5, 0.6) is 0 Å². The number of piperazine rings is 1. The van der Waals surface area contributed by atoms with E-state index >= 15 is 0 Å². The minimum atomic E-state index is -0.525. The Hall–Kier alpha value is -3.17. The molecule has 0 saturated carbocycles. The second-order valence-electron chi connectivity index (χ2n) is 8.27. The molecule has 1 saturated heterocycles. The van der Waals surface area contributed by atoms with Crippen LogP contribution < -0.4 is 21.3 Å². The number of primary amides is 1. The van der Waals surface area contributed by atoms with Crippen LogP contribution in [-0.2, 0) is 0 Å². The zero-order chi connectivity index (χ0) is 22.7. The summed E-state index contributed by atoms with van der Waals surface area (Å²) >= 11 is 1.68. The summed E-state index contributed by atoms with van der Waals surface area (Å²) in [7, 11) is 2.14. The van der Waals surface area contributed by atoms with Gasteiger partial charge >= 0.3 is 0 Å². The Morgan fingerprint density at radius 3 is 2.44 bits per heavy atom. The third-order valence-electron chi connectivity index (χ3n) is 5.53. The summed E-state index contributed by atoms with van der Waals surface area (Å²) < 4.78 is 0. The monoisotopic (exact) mass is 451 g/mol. The predicted molar refractivity (Wildman–Crippen MR) is 132 cm³/mol. The maximum atomic E-state index is 12.0. The van der Waals surface area contributed by atoms with Gasteiger partial charge in [-0.25, -0.2) is 9.97 Å². The van der Waals surface area contributed by atoms with E-state index in [2.05, 4.69) is 57.4 Å². The van der Waals surface area contributed by atoms with E-state index in [0.717, 1.165) is 37.6 Å². The summed E-state index contributed by atoms with van der Waals surface area (Å²) in [6, 6.07) is 7.81. The number of rotatable bonds is 7. The van der Waals surface area contributed by atoms with Crippen molar-refractivity contribution in [3.8, 4) is 0 Å². The number of anilines is 5. The molecule has 3 aromatic heterocycles. The Bertz CT molecular complexity index is 1070. The van der Waals surface area contributed by atoms with Gasteiger partial charge in [0.2, 0.25) is 0 Å². The number of carbonyl (C=O) groups is 1. The maximum absolute atomic E-state index is 12.0. The highest BCUT2D eigenvalue weighted by Crippen LogP contribution is 2.33. The molecule has 0 radical (unpaired) electrons. The molecule has 0 aliphatic carbocycles. The van der Waals surface area contributed by atoms with Crippen molar-refractivity contribution in [3.05, 3.63) is 52.5 Å². The van der Waals surface area contributed by atoms with Crippen molar-refractivity contribution in [2.75, 3.05) is 48.8 Å². The molecule has 168 valence electrons. The second-order valence-corrected chi connectivity index (χ2v) is 9.22. The normalized spacial score (nSPS) is 14.6. The fourth-order valence-corrected chi connectivity index (χ4v) is 4.55. The lowest BCUT2D eigenvalue weighted by Gasteiger charge is -2.33. The van der Waals surface area contributed by atoms with Gasteiger partial charge in [0.05, 0.1) is 28.8 Å². The van der Waals surface area contributed by atoms with Crippen molar-refractivity contribution < 1.29 is 4.79 Å². The number of nitrogens with two attached hydrogens (primary N) is 1. The van der Waals surface area contributed by atoms with Crippen molar-refractivity contribution >= 4 is 45.9 Å². The molecular weight excluding hydrogens is 422 g/mol. The number of aromatic nitrogens is 2. The number of nitrogens with one attached hydrogen (secondary N) is 2. The predicted octanol–water partition coefficient (Wildman–Crippen LogP) is 4.00. The maximum Gasteiger partial charge on any atom is 0.252 e. The summed E-state index contributed by atoms with van der Waals surface area (Å²) in [5.74, 6) is 1.12. The van der Waals surface area contributed by atoms with Gasteiger partial charge in [0.25, 0.3) is 5.91 Å². The van der Waals surface area contributed by atoms with Crippen LogP contribution in [0.4, 0.5) is 28.7 Å². The lowest BCUT2D eigenvalue weighted by Crippen LogP contribution is -2.44.